The van der Waals surface area contributed by atoms with Gasteiger partial charge in [0.2, 0.25) is 0 Å². The minimum Gasteiger partial charge on any atom is -0.495 e. The zero-order chi connectivity index (χ0) is 14.8. The Labute approximate surface area is 123 Å². The molecule has 0 unspecified atom stereocenters. The zero-order valence-electron chi connectivity index (χ0n) is 11.1. The van der Waals surface area contributed by atoms with Crippen LogP contribution in [0.25, 0.3) is 0 Å². The second-order valence-electron chi connectivity index (χ2n) is 4.27. The highest BCUT2D eigenvalue weighted by atomic mass is 35.5. The second kappa shape index (κ2) is 5.73. The molecule has 2 rings (SSSR count). The average Bonchev–Trinajstić information content (AvgIpc) is 2.40. The summed E-state index contributed by atoms with van der Waals surface area (Å²) in [5.74, 6) is 0.312. The molecule has 0 radical (unpaired) electrons. The molecule has 0 aromatic heterocycles. The van der Waals surface area contributed by atoms with Crippen molar-refractivity contribution in [3.05, 3.63) is 53.1 Å². The number of benzene rings is 2. The highest BCUT2D eigenvalue weighted by molar-refractivity contribution is 7.92. The molecular weight excluding hydrogens is 298 g/mol. The van der Waals surface area contributed by atoms with Gasteiger partial charge in [0, 0.05) is 10.7 Å². The van der Waals surface area contributed by atoms with E-state index in [9.17, 15) is 8.42 Å². The van der Waals surface area contributed by atoms with E-state index >= 15 is 0 Å². The van der Waals surface area contributed by atoms with E-state index in [4.69, 9.17) is 16.3 Å². The van der Waals surface area contributed by atoms with E-state index in [0.29, 0.717) is 16.5 Å². The van der Waals surface area contributed by atoms with Crippen LogP contribution in [0, 0.1) is 6.92 Å². The molecule has 1 N–H and O–H groups in total. The molecule has 2 aromatic rings. The number of nitrogens with one attached hydrogen (secondary N) is 1. The Morgan fingerprint density at radius 1 is 1.10 bits per heavy atom. The quantitative estimate of drug-likeness (QED) is 0.940. The number of aryl methyl sites for hydroxylation is 1. The third-order valence-electron chi connectivity index (χ3n) is 2.71. The van der Waals surface area contributed by atoms with Crippen LogP contribution in [0.15, 0.2) is 47.4 Å². The number of sulfonamides is 1. The number of halogens is 1. The van der Waals surface area contributed by atoms with Gasteiger partial charge in [0.25, 0.3) is 10.0 Å². The molecule has 0 amide bonds. The molecule has 0 aliphatic carbocycles. The fourth-order valence-corrected chi connectivity index (χ4v) is 3.06. The second-order valence-corrected chi connectivity index (χ2v) is 6.35. The predicted octanol–water partition coefficient (Wildman–Crippen LogP) is 3.46. The van der Waals surface area contributed by atoms with E-state index < -0.39 is 10.0 Å². The summed E-state index contributed by atoms with van der Waals surface area (Å²) in [7, 11) is -2.26. The van der Waals surface area contributed by atoms with Gasteiger partial charge < -0.3 is 4.74 Å². The van der Waals surface area contributed by atoms with Crippen molar-refractivity contribution in [2.75, 3.05) is 11.8 Å². The Morgan fingerprint density at radius 2 is 1.75 bits per heavy atom. The Bertz CT molecular complexity index is 712. The molecule has 6 heteroatoms. The van der Waals surface area contributed by atoms with Crippen LogP contribution in [0.1, 0.15) is 5.56 Å². The van der Waals surface area contributed by atoms with Crippen LogP contribution in [-0.4, -0.2) is 15.5 Å². The lowest BCUT2D eigenvalue weighted by Gasteiger charge is -2.12. The van der Waals surface area contributed by atoms with Crippen LogP contribution in [0.2, 0.25) is 5.02 Å². The molecule has 0 aliphatic heterocycles. The van der Waals surface area contributed by atoms with Crippen LogP contribution < -0.4 is 9.46 Å². The van der Waals surface area contributed by atoms with Crippen LogP contribution in [-0.2, 0) is 10.0 Å². The molecule has 0 aliphatic rings. The van der Waals surface area contributed by atoms with E-state index in [1.807, 2.05) is 6.92 Å². The van der Waals surface area contributed by atoms with Gasteiger partial charge in [-0.3, -0.25) is 4.72 Å². The molecule has 20 heavy (non-hydrogen) atoms. The summed E-state index contributed by atoms with van der Waals surface area (Å²) in [6, 6.07) is 11.3. The fraction of sp³-hybridized carbons (Fsp3) is 0.143. The molecule has 4 nitrogen and oxygen atoms in total. The van der Waals surface area contributed by atoms with Gasteiger partial charge >= 0.3 is 0 Å². The minimum absolute atomic E-state index is 0.0977. The highest BCUT2D eigenvalue weighted by Crippen LogP contribution is 2.27. The van der Waals surface area contributed by atoms with Crippen molar-refractivity contribution >= 4 is 27.3 Å². The Morgan fingerprint density at radius 3 is 2.35 bits per heavy atom. The van der Waals surface area contributed by atoms with Crippen molar-refractivity contribution < 1.29 is 13.2 Å². The average molecular weight is 312 g/mol. The normalized spacial score (nSPS) is 11.2. The number of anilines is 1. The van der Waals surface area contributed by atoms with Crippen molar-refractivity contribution in [2.24, 2.45) is 0 Å². The van der Waals surface area contributed by atoms with Crippen molar-refractivity contribution in [1.29, 1.82) is 0 Å². The summed E-state index contributed by atoms with van der Waals surface area (Å²) in [5.41, 5.74) is 1.37. The lowest BCUT2D eigenvalue weighted by atomic mass is 10.2. The minimum atomic E-state index is -3.70. The van der Waals surface area contributed by atoms with Crippen molar-refractivity contribution in [3.8, 4) is 5.75 Å². The maximum atomic E-state index is 12.4. The standard InChI is InChI=1S/C14H14ClNO3S/c1-10-3-8-14(13(9-10)19-2)20(17,18)16-12-6-4-11(15)5-7-12/h3-9,16H,1-2H3. The van der Waals surface area contributed by atoms with Gasteiger partial charge in [0.1, 0.15) is 10.6 Å². The summed E-state index contributed by atoms with van der Waals surface area (Å²) in [4.78, 5) is 0.0977. The molecule has 0 atom stereocenters. The summed E-state index contributed by atoms with van der Waals surface area (Å²) in [6.45, 7) is 1.87. The molecule has 106 valence electrons. The summed E-state index contributed by atoms with van der Waals surface area (Å²) in [5, 5.41) is 0.542. The number of rotatable bonds is 4. The molecule has 0 fully saturated rings. The number of hydrogen-bond acceptors (Lipinski definition) is 3. The van der Waals surface area contributed by atoms with Crippen LogP contribution in [0.4, 0.5) is 5.69 Å². The number of hydrogen-bond donors (Lipinski definition) is 1. The lowest BCUT2D eigenvalue weighted by Crippen LogP contribution is -2.14. The first-order chi connectivity index (χ1) is 9.42. The van der Waals surface area contributed by atoms with E-state index in [2.05, 4.69) is 4.72 Å². The summed E-state index contributed by atoms with van der Waals surface area (Å²) < 4.78 is 32.3. The van der Waals surface area contributed by atoms with Gasteiger partial charge in [-0.25, -0.2) is 8.42 Å². The lowest BCUT2D eigenvalue weighted by molar-refractivity contribution is 0.402. The van der Waals surface area contributed by atoms with Crippen molar-refractivity contribution in [2.45, 2.75) is 11.8 Å². The van der Waals surface area contributed by atoms with Crippen LogP contribution in [0.5, 0.6) is 5.75 Å². The molecule has 0 saturated heterocycles. The molecular formula is C14H14ClNO3S. The molecule has 0 spiro atoms. The van der Waals surface area contributed by atoms with E-state index in [-0.39, 0.29) is 4.90 Å². The van der Waals surface area contributed by atoms with Gasteiger partial charge in [-0.05, 0) is 48.9 Å². The van der Waals surface area contributed by atoms with Crippen LogP contribution >= 0.6 is 11.6 Å². The first kappa shape index (κ1) is 14.7. The number of ether oxygens (including phenoxy) is 1. The molecule has 2 aromatic carbocycles. The highest BCUT2D eigenvalue weighted by Gasteiger charge is 2.19. The smallest absolute Gasteiger partial charge is 0.265 e. The maximum absolute atomic E-state index is 12.4. The molecule has 0 bridgehead atoms. The SMILES string of the molecule is COc1cc(C)ccc1S(=O)(=O)Nc1ccc(Cl)cc1. The van der Waals surface area contributed by atoms with Gasteiger partial charge in [-0.1, -0.05) is 17.7 Å². The van der Waals surface area contributed by atoms with E-state index in [0.717, 1.165) is 5.56 Å². The predicted molar refractivity (Wildman–Crippen MR) is 80.0 cm³/mol. The Hall–Kier alpha value is -1.72. The number of methoxy groups -OCH3 is 1. The largest absolute Gasteiger partial charge is 0.495 e. The van der Waals surface area contributed by atoms with E-state index in [1.54, 1.807) is 36.4 Å². The summed E-state index contributed by atoms with van der Waals surface area (Å²) in [6.07, 6.45) is 0. The summed E-state index contributed by atoms with van der Waals surface area (Å²) >= 11 is 5.77. The third kappa shape index (κ3) is 3.23. The Kier molecular flexibility index (Phi) is 4.20. The monoisotopic (exact) mass is 311 g/mol. The topological polar surface area (TPSA) is 55.4 Å². The van der Waals surface area contributed by atoms with Gasteiger partial charge in [-0.15, -0.1) is 0 Å². The van der Waals surface area contributed by atoms with E-state index in [1.165, 1.54) is 13.2 Å². The van der Waals surface area contributed by atoms with Crippen LogP contribution in [0.3, 0.4) is 0 Å². The van der Waals surface area contributed by atoms with Crippen molar-refractivity contribution in [1.82, 2.24) is 0 Å². The Balaban J connectivity index is 2.38. The van der Waals surface area contributed by atoms with Gasteiger partial charge in [0.15, 0.2) is 0 Å². The van der Waals surface area contributed by atoms with Gasteiger partial charge in [-0.2, -0.15) is 0 Å². The first-order valence-electron chi connectivity index (χ1n) is 5.85. The molecule has 0 saturated carbocycles. The molecule has 0 heterocycles. The third-order valence-corrected chi connectivity index (χ3v) is 4.38. The first-order valence-corrected chi connectivity index (χ1v) is 7.71. The zero-order valence-corrected chi connectivity index (χ0v) is 12.6. The van der Waals surface area contributed by atoms with Crippen molar-refractivity contribution in [3.63, 3.8) is 0 Å². The maximum Gasteiger partial charge on any atom is 0.265 e. The fourth-order valence-electron chi connectivity index (χ4n) is 1.72. The van der Waals surface area contributed by atoms with Gasteiger partial charge in [0.05, 0.1) is 7.11 Å².